The molecule has 0 spiro atoms. The number of benzene rings is 1. The third-order valence-electron chi connectivity index (χ3n) is 3.81. The van der Waals surface area contributed by atoms with Crippen molar-refractivity contribution in [3.63, 3.8) is 0 Å². The minimum Gasteiger partial charge on any atom is -0.493 e. The number of nitrogens with one attached hydrogen (secondary N) is 1. The molecule has 0 aliphatic carbocycles. The Hall–Kier alpha value is -0.840. The van der Waals surface area contributed by atoms with E-state index in [2.05, 4.69) is 59.4 Å². The molecule has 2 aromatic rings. The Morgan fingerprint density at radius 1 is 1.38 bits per heavy atom. The van der Waals surface area contributed by atoms with Crippen molar-refractivity contribution in [2.75, 3.05) is 13.2 Å². The molecule has 4 heteroatoms. The van der Waals surface area contributed by atoms with Crippen LogP contribution in [0.15, 0.2) is 28.1 Å². The molecule has 112 valence electrons. The highest BCUT2D eigenvalue weighted by molar-refractivity contribution is 9.11. The van der Waals surface area contributed by atoms with Gasteiger partial charge in [-0.3, -0.25) is 0 Å². The number of rotatable bonds is 5. The van der Waals surface area contributed by atoms with E-state index in [4.69, 9.17) is 4.74 Å². The lowest BCUT2D eigenvalue weighted by molar-refractivity contribution is 0.357. The zero-order chi connectivity index (χ0) is 14.8. The lowest BCUT2D eigenvalue weighted by Crippen LogP contribution is -2.22. The fourth-order valence-electron chi connectivity index (χ4n) is 2.68. The predicted molar refractivity (Wildman–Crippen MR) is 92.5 cm³/mol. The third kappa shape index (κ3) is 3.17. The highest BCUT2D eigenvalue weighted by Crippen LogP contribution is 2.36. The topological polar surface area (TPSA) is 21.3 Å². The van der Waals surface area contributed by atoms with Crippen LogP contribution in [0.4, 0.5) is 0 Å². The van der Waals surface area contributed by atoms with Crippen molar-refractivity contribution < 1.29 is 4.74 Å². The van der Waals surface area contributed by atoms with Crippen LogP contribution in [-0.4, -0.2) is 13.2 Å². The van der Waals surface area contributed by atoms with Crippen LogP contribution < -0.4 is 10.1 Å². The number of thiophene rings is 1. The highest BCUT2D eigenvalue weighted by atomic mass is 79.9. The van der Waals surface area contributed by atoms with Gasteiger partial charge in [0.1, 0.15) is 5.75 Å². The van der Waals surface area contributed by atoms with E-state index in [0.29, 0.717) is 0 Å². The maximum Gasteiger partial charge on any atom is 0.122 e. The van der Waals surface area contributed by atoms with Crippen LogP contribution in [0.5, 0.6) is 5.75 Å². The smallest absolute Gasteiger partial charge is 0.122 e. The van der Waals surface area contributed by atoms with Crippen molar-refractivity contribution in [3.05, 3.63) is 49.6 Å². The highest BCUT2D eigenvalue weighted by Gasteiger charge is 2.20. The number of halogens is 1. The van der Waals surface area contributed by atoms with E-state index in [1.807, 2.05) is 11.3 Å². The molecule has 1 aliphatic heterocycles. The van der Waals surface area contributed by atoms with Crippen molar-refractivity contribution in [3.8, 4) is 5.75 Å². The van der Waals surface area contributed by atoms with Gasteiger partial charge in [0.05, 0.1) is 16.4 Å². The summed E-state index contributed by atoms with van der Waals surface area (Å²) >= 11 is 5.47. The summed E-state index contributed by atoms with van der Waals surface area (Å²) in [6.07, 6.45) is 2.16. The Morgan fingerprint density at radius 2 is 2.24 bits per heavy atom. The molecule has 21 heavy (non-hydrogen) atoms. The number of hydrogen-bond acceptors (Lipinski definition) is 3. The zero-order valence-corrected chi connectivity index (χ0v) is 14.8. The molecule has 0 saturated heterocycles. The third-order valence-corrected chi connectivity index (χ3v) is 6.01. The number of ether oxygens (including phenoxy) is 1. The van der Waals surface area contributed by atoms with Gasteiger partial charge in [0.15, 0.2) is 0 Å². The average molecular weight is 366 g/mol. The summed E-state index contributed by atoms with van der Waals surface area (Å²) in [4.78, 5) is 1.37. The van der Waals surface area contributed by atoms with Crippen LogP contribution in [0.3, 0.4) is 0 Å². The summed E-state index contributed by atoms with van der Waals surface area (Å²) in [5.74, 6) is 1.05. The molecular formula is C17H20BrNOS. The van der Waals surface area contributed by atoms with Gasteiger partial charge < -0.3 is 10.1 Å². The van der Waals surface area contributed by atoms with Gasteiger partial charge in [0.2, 0.25) is 0 Å². The maximum atomic E-state index is 5.62. The molecular weight excluding hydrogens is 346 g/mol. The standard InChI is InChI=1S/C17H20BrNOS/c1-3-7-19-16(15-9-11(2)17(18)21-15)13-4-5-14-12(10-13)6-8-20-14/h4-5,9-10,16,19H,3,6-8H2,1-2H3. The first-order valence-electron chi connectivity index (χ1n) is 7.44. The van der Waals surface area contributed by atoms with Crippen LogP contribution >= 0.6 is 27.3 Å². The van der Waals surface area contributed by atoms with Gasteiger partial charge in [-0.1, -0.05) is 19.1 Å². The largest absolute Gasteiger partial charge is 0.493 e. The molecule has 0 amide bonds. The van der Waals surface area contributed by atoms with Crippen LogP contribution in [0.25, 0.3) is 0 Å². The van der Waals surface area contributed by atoms with E-state index in [1.54, 1.807) is 0 Å². The summed E-state index contributed by atoms with van der Waals surface area (Å²) in [5.41, 5.74) is 3.98. The van der Waals surface area contributed by atoms with Crippen LogP contribution in [0, 0.1) is 6.92 Å². The van der Waals surface area contributed by atoms with Crippen molar-refractivity contribution >= 4 is 27.3 Å². The van der Waals surface area contributed by atoms with Gasteiger partial charge >= 0.3 is 0 Å². The van der Waals surface area contributed by atoms with E-state index < -0.39 is 0 Å². The Balaban J connectivity index is 1.95. The van der Waals surface area contributed by atoms with Gasteiger partial charge in [0, 0.05) is 11.3 Å². The van der Waals surface area contributed by atoms with Crippen molar-refractivity contribution in [1.29, 1.82) is 0 Å². The molecule has 0 bridgehead atoms. The van der Waals surface area contributed by atoms with Crippen LogP contribution in [0.2, 0.25) is 0 Å². The van der Waals surface area contributed by atoms with Gasteiger partial charge in [-0.05, 0) is 64.6 Å². The molecule has 1 atom stereocenters. The molecule has 1 aromatic heterocycles. The summed E-state index contributed by atoms with van der Waals surface area (Å²) in [6, 6.07) is 9.17. The van der Waals surface area contributed by atoms with Crippen molar-refractivity contribution in [2.45, 2.75) is 32.7 Å². The molecule has 1 aromatic carbocycles. The summed E-state index contributed by atoms with van der Waals surface area (Å²) in [6.45, 7) is 6.19. The fourth-order valence-corrected chi connectivity index (χ4v) is 4.36. The number of hydrogen-bond donors (Lipinski definition) is 1. The zero-order valence-electron chi connectivity index (χ0n) is 12.4. The number of aryl methyl sites for hydroxylation is 1. The average Bonchev–Trinajstić information content (AvgIpc) is 3.06. The summed E-state index contributed by atoms with van der Waals surface area (Å²) in [5, 5.41) is 3.68. The Morgan fingerprint density at radius 3 is 2.95 bits per heavy atom. The lowest BCUT2D eigenvalue weighted by atomic mass is 10.0. The quantitative estimate of drug-likeness (QED) is 0.817. The molecule has 2 nitrogen and oxygen atoms in total. The SMILES string of the molecule is CCCNC(c1ccc2c(c1)CCO2)c1cc(C)c(Br)s1. The Kier molecular flexibility index (Phi) is 4.67. The summed E-state index contributed by atoms with van der Waals surface area (Å²) in [7, 11) is 0. The monoisotopic (exact) mass is 365 g/mol. The van der Waals surface area contributed by atoms with Crippen LogP contribution in [-0.2, 0) is 6.42 Å². The second-order valence-corrected chi connectivity index (χ2v) is 7.86. The minimum absolute atomic E-state index is 0.269. The predicted octanol–water partition coefficient (Wildman–Crippen LogP) is 4.84. The Bertz CT molecular complexity index is 618. The van der Waals surface area contributed by atoms with E-state index >= 15 is 0 Å². The van der Waals surface area contributed by atoms with Crippen molar-refractivity contribution in [2.24, 2.45) is 0 Å². The first-order valence-corrected chi connectivity index (χ1v) is 9.05. The van der Waals surface area contributed by atoms with Gasteiger partial charge in [0.25, 0.3) is 0 Å². The molecule has 3 rings (SSSR count). The second kappa shape index (κ2) is 6.51. The molecule has 1 aliphatic rings. The maximum absolute atomic E-state index is 5.62. The Labute approximate surface area is 138 Å². The van der Waals surface area contributed by atoms with Gasteiger partial charge in [-0.25, -0.2) is 0 Å². The summed E-state index contributed by atoms with van der Waals surface area (Å²) < 4.78 is 6.85. The van der Waals surface area contributed by atoms with E-state index in [-0.39, 0.29) is 6.04 Å². The molecule has 2 heterocycles. The fraction of sp³-hybridized carbons (Fsp3) is 0.412. The van der Waals surface area contributed by atoms with E-state index in [9.17, 15) is 0 Å². The second-order valence-electron chi connectivity index (χ2n) is 5.46. The van der Waals surface area contributed by atoms with E-state index in [1.165, 1.54) is 25.4 Å². The van der Waals surface area contributed by atoms with Gasteiger partial charge in [-0.15, -0.1) is 11.3 Å². The molecule has 0 fully saturated rings. The first-order chi connectivity index (χ1) is 10.2. The number of fused-ring (bicyclic) bond motifs is 1. The molecule has 0 radical (unpaired) electrons. The molecule has 1 unspecified atom stereocenters. The molecule has 0 saturated carbocycles. The minimum atomic E-state index is 0.269. The van der Waals surface area contributed by atoms with Crippen molar-refractivity contribution in [1.82, 2.24) is 5.32 Å². The molecule has 1 N–H and O–H groups in total. The normalized spacial score (nSPS) is 14.8. The van der Waals surface area contributed by atoms with Crippen LogP contribution in [0.1, 0.15) is 41.0 Å². The van der Waals surface area contributed by atoms with E-state index in [0.717, 1.165) is 31.7 Å². The lowest BCUT2D eigenvalue weighted by Gasteiger charge is -2.18. The van der Waals surface area contributed by atoms with Gasteiger partial charge in [-0.2, -0.15) is 0 Å². The first kappa shape index (κ1) is 15.1.